The van der Waals surface area contributed by atoms with Crippen molar-refractivity contribution in [3.8, 4) is 0 Å². The number of nitrogens with one attached hydrogen (secondary N) is 1. The fraction of sp³-hybridized carbons (Fsp3) is 0.389. The molecule has 1 amide bonds. The van der Waals surface area contributed by atoms with Gasteiger partial charge in [0.15, 0.2) is 5.13 Å². The Labute approximate surface area is 144 Å². The predicted octanol–water partition coefficient (Wildman–Crippen LogP) is 2.80. The summed E-state index contributed by atoms with van der Waals surface area (Å²) in [6.45, 7) is 2.23. The van der Waals surface area contributed by atoms with E-state index >= 15 is 0 Å². The Morgan fingerprint density at radius 2 is 2.21 bits per heavy atom. The van der Waals surface area contributed by atoms with Crippen molar-refractivity contribution in [2.75, 3.05) is 5.32 Å². The van der Waals surface area contributed by atoms with Gasteiger partial charge in [-0.05, 0) is 31.3 Å². The third-order valence-electron chi connectivity index (χ3n) is 4.60. The Morgan fingerprint density at radius 1 is 1.38 bits per heavy atom. The predicted molar refractivity (Wildman–Crippen MR) is 91.7 cm³/mol. The Balaban J connectivity index is 1.52. The van der Waals surface area contributed by atoms with Gasteiger partial charge in [-0.3, -0.25) is 10.1 Å². The molecule has 3 atom stereocenters. The van der Waals surface area contributed by atoms with Gasteiger partial charge in [-0.2, -0.15) is 0 Å². The van der Waals surface area contributed by atoms with E-state index in [2.05, 4.69) is 17.2 Å². The number of fused-ring (bicyclic) bond motifs is 2. The van der Waals surface area contributed by atoms with Crippen LogP contribution in [0.25, 0.3) is 0 Å². The number of esters is 1. The van der Waals surface area contributed by atoms with E-state index in [1.54, 1.807) is 6.08 Å². The maximum Gasteiger partial charge on any atom is 0.344 e. The summed E-state index contributed by atoms with van der Waals surface area (Å²) >= 11 is 1.51. The summed E-state index contributed by atoms with van der Waals surface area (Å²) in [4.78, 5) is 30.3. The third-order valence-corrected chi connectivity index (χ3v) is 5.63. The average molecular weight is 342 g/mol. The van der Waals surface area contributed by atoms with Gasteiger partial charge in [-0.25, -0.2) is 9.78 Å². The van der Waals surface area contributed by atoms with Gasteiger partial charge in [0.05, 0.1) is 5.69 Å². The molecular formula is C18H18N2O3S. The second kappa shape index (κ2) is 6.02. The highest BCUT2D eigenvalue weighted by Gasteiger charge is 2.33. The molecule has 124 valence electrons. The minimum absolute atomic E-state index is 0.0535. The standard InChI is InChI=1S/C18H18N2O3S/c1-10-6-7-13-15(8-10)24-18(19-13)20-16(21)12-9-11-4-2-3-5-14(11)23-17(12)22/h2-5,9-11,14H,6-8H2,1H3,(H,19,20,21). The van der Waals surface area contributed by atoms with Crippen LogP contribution in [-0.2, 0) is 27.2 Å². The second-order valence-corrected chi connectivity index (χ2v) is 7.57. The molecule has 1 aliphatic heterocycles. The van der Waals surface area contributed by atoms with Crippen LogP contribution >= 0.6 is 11.3 Å². The lowest BCUT2D eigenvalue weighted by Gasteiger charge is -2.26. The fourth-order valence-electron chi connectivity index (χ4n) is 3.25. The van der Waals surface area contributed by atoms with E-state index in [0.717, 1.165) is 25.0 Å². The van der Waals surface area contributed by atoms with Crippen molar-refractivity contribution in [2.45, 2.75) is 32.3 Å². The minimum Gasteiger partial charge on any atom is -0.453 e. The monoisotopic (exact) mass is 342 g/mol. The minimum atomic E-state index is -0.580. The molecule has 0 radical (unpaired) electrons. The molecule has 0 saturated carbocycles. The summed E-state index contributed by atoms with van der Waals surface area (Å²) < 4.78 is 5.33. The van der Waals surface area contributed by atoms with E-state index in [4.69, 9.17) is 4.74 Å². The third kappa shape index (κ3) is 2.82. The van der Waals surface area contributed by atoms with E-state index in [9.17, 15) is 9.59 Å². The van der Waals surface area contributed by atoms with Crippen LogP contribution in [0.1, 0.15) is 23.9 Å². The number of hydrogen-bond donors (Lipinski definition) is 1. The van der Waals surface area contributed by atoms with Gasteiger partial charge in [-0.1, -0.05) is 31.2 Å². The summed E-state index contributed by atoms with van der Waals surface area (Å²) in [5, 5.41) is 3.33. The molecule has 4 rings (SSSR count). The van der Waals surface area contributed by atoms with Crippen molar-refractivity contribution < 1.29 is 14.3 Å². The summed E-state index contributed by atoms with van der Waals surface area (Å²) in [6.07, 6.45) is 11.9. The Bertz CT molecular complexity index is 790. The summed E-state index contributed by atoms with van der Waals surface area (Å²) in [7, 11) is 0. The van der Waals surface area contributed by atoms with Crippen LogP contribution < -0.4 is 5.32 Å². The lowest BCUT2D eigenvalue weighted by atomic mass is 9.92. The lowest BCUT2D eigenvalue weighted by molar-refractivity contribution is -0.145. The zero-order valence-electron chi connectivity index (χ0n) is 13.3. The van der Waals surface area contributed by atoms with Gasteiger partial charge in [0.1, 0.15) is 11.7 Å². The number of hydrogen-bond acceptors (Lipinski definition) is 5. The number of aryl methyl sites for hydroxylation is 1. The van der Waals surface area contributed by atoms with E-state index in [-0.39, 0.29) is 17.6 Å². The van der Waals surface area contributed by atoms with E-state index < -0.39 is 11.9 Å². The number of anilines is 1. The molecule has 0 aromatic carbocycles. The smallest absolute Gasteiger partial charge is 0.344 e. The highest BCUT2D eigenvalue weighted by atomic mass is 32.1. The molecule has 3 unspecified atom stereocenters. The number of carbonyl (C=O) groups excluding carboxylic acids is 2. The maximum absolute atomic E-state index is 12.5. The molecule has 0 fully saturated rings. The molecule has 0 bridgehead atoms. The van der Waals surface area contributed by atoms with Crippen molar-refractivity contribution >= 4 is 28.3 Å². The van der Waals surface area contributed by atoms with Crippen LogP contribution in [0.2, 0.25) is 0 Å². The number of ether oxygens (including phenoxy) is 1. The largest absolute Gasteiger partial charge is 0.453 e. The molecule has 3 aliphatic rings. The van der Waals surface area contributed by atoms with Gasteiger partial charge < -0.3 is 4.74 Å². The quantitative estimate of drug-likeness (QED) is 0.663. The number of aromatic nitrogens is 1. The number of nitrogens with zero attached hydrogens (tertiary/aromatic N) is 1. The molecule has 5 nitrogen and oxygen atoms in total. The molecular weight excluding hydrogens is 324 g/mol. The van der Waals surface area contributed by atoms with Crippen molar-refractivity contribution in [2.24, 2.45) is 11.8 Å². The van der Waals surface area contributed by atoms with Crippen molar-refractivity contribution in [1.29, 1.82) is 0 Å². The molecule has 6 heteroatoms. The number of amides is 1. The normalized spacial score (nSPS) is 27.8. The van der Waals surface area contributed by atoms with Crippen molar-refractivity contribution in [3.63, 3.8) is 0 Å². The van der Waals surface area contributed by atoms with Crippen LogP contribution in [0.4, 0.5) is 5.13 Å². The molecule has 2 heterocycles. The fourth-order valence-corrected chi connectivity index (χ4v) is 4.41. The van der Waals surface area contributed by atoms with Crippen LogP contribution in [0, 0.1) is 11.8 Å². The summed E-state index contributed by atoms with van der Waals surface area (Å²) in [5.74, 6) is -0.455. The molecule has 24 heavy (non-hydrogen) atoms. The maximum atomic E-state index is 12.5. The molecule has 1 aromatic heterocycles. The summed E-state index contributed by atoms with van der Waals surface area (Å²) in [6, 6.07) is 0. The molecule has 2 aliphatic carbocycles. The SMILES string of the molecule is CC1CCc2nc(NC(=O)C3=CC4C=CC=CC4OC3=O)sc2C1. The van der Waals surface area contributed by atoms with Crippen LogP contribution in [0.15, 0.2) is 36.0 Å². The number of thiazole rings is 1. The highest BCUT2D eigenvalue weighted by Crippen LogP contribution is 2.32. The van der Waals surface area contributed by atoms with Gasteiger partial charge in [-0.15, -0.1) is 11.3 Å². The zero-order chi connectivity index (χ0) is 16.7. The first-order valence-electron chi connectivity index (χ1n) is 8.18. The van der Waals surface area contributed by atoms with Gasteiger partial charge in [0.25, 0.3) is 5.91 Å². The van der Waals surface area contributed by atoms with Crippen molar-refractivity contribution in [1.82, 2.24) is 4.98 Å². The van der Waals surface area contributed by atoms with E-state index in [1.807, 2.05) is 24.3 Å². The van der Waals surface area contributed by atoms with Crippen LogP contribution in [0.3, 0.4) is 0 Å². The number of rotatable bonds is 2. The van der Waals surface area contributed by atoms with Crippen molar-refractivity contribution in [3.05, 3.63) is 46.5 Å². The first-order chi connectivity index (χ1) is 11.6. The molecule has 1 N–H and O–H groups in total. The van der Waals surface area contributed by atoms with Gasteiger partial charge in [0, 0.05) is 10.8 Å². The highest BCUT2D eigenvalue weighted by molar-refractivity contribution is 7.15. The van der Waals surface area contributed by atoms with Crippen LogP contribution in [-0.4, -0.2) is 23.0 Å². The first kappa shape index (κ1) is 15.3. The van der Waals surface area contributed by atoms with E-state index in [1.165, 1.54) is 16.2 Å². The Hall–Kier alpha value is -2.21. The lowest BCUT2D eigenvalue weighted by Crippen LogP contribution is -2.34. The van der Waals surface area contributed by atoms with Gasteiger partial charge in [0.2, 0.25) is 0 Å². The number of allylic oxidation sites excluding steroid dienone is 2. The Kier molecular flexibility index (Phi) is 3.84. The molecule has 0 spiro atoms. The Morgan fingerprint density at radius 3 is 3.08 bits per heavy atom. The van der Waals surface area contributed by atoms with Crippen LogP contribution in [0.5, 0.6) is 0 Å². The van der Waals surface area contributed by atoms with E-state index in [0.29, 0.717) is 11.0 Å². The number of carbonyl (C=O) groups is 2. The molecule has 0 saturated heterocycles. The topological polar surface area (TPSA) is 68.3 Å². The van der Waals surface area contributed by atoms with Gasteiger partial charge >= 0.3 is 5.97 Å². The second-order valence-electron chi connectivity index (χ2n) is 6.49. The average Bonchev–Trinajstić information content (AvgIpc) is 2.95. The molecule has 1 aromatic rings. The first-order valence-corrected chi connectivity index (χ1v) is 8.99. The zero-order valence-corrected chi connectivity index (χ0v) is 14.1. The summed E-state index contributed by atoms with van der Waals surface area (Å²) in [5.41, 5.74) is 1.13.